The molecule has 0 aliphatic heterocycles. The first-order chi connectivity index (χ1) is 10.8. The number of unbranched alkanes of at least 4 members (excludes halogenated alkanes) is 1. The lowest BCUT2D eigenvalue weighted by atomic mass is 10.1. The first-order valence-electron chi connectivity index (χ1n) is 7.54. The molecule has 0 saturated carbocycles. The Morgan fingerprint density at radius 2 is 1.73 bits per heavy atom. The van der Waals surface area contributed by atoms with Gasteiger partial charge in [0.2, 0.25) is 0 Å². The van der Waals surface area contributed by atoms with Crippen LogP contribution in [-0.4, -0.2) is 19.0 Å². The second-order valence-electron chi connectivity index (χ2n) is 5.05. The molecule has 3 nitrogen and oxygen atoms in total. The molecule has 0 bridgehead atoms. The topological polar surface area (TPSA) is 55.1 Å². The van der Waals surface area contributed by atoms with E-state index >= 15 is 0 Å². The molecule has 0 atom stereocenters. The number of nitrogens with one attached hydrogen (secondary N) is 1. The third-order valence-electron chi connectivity index (χ3n) is 3.28. The molecule has 0 aliphatic carbocycles. The van der Waals surface area contributed by atoms with Crippen molar-refractivity contribution in [2.75, 3.05) is 13.1 Å². The Labute approximate surface area is 136 Å². The standard InChI is InChI=1S/C18H22N2OS/c19-12-4-5-13-20-18(21)16-10-8-15(9-11-16)14-22-17-6-2-1-3-7-17/h1-3,6-11H,4-5,12-14,19H2,(H,20,21). The maximum atomic E-state index is 12.0. The number of hydrogen-bond donors (Lipinski definition) is 2. The lowest BCUT2D eigenvalue weighted by Crippen LogP contribution is -2.24. The van der Waals surface area contributed by atoms with E-state index in [0.29, 0.717) is 18.7 Å². The molecule has 0 saturated heterocycles. The summed E-state index contributed by atoms with van der Waals surface area (Å²) < 4.78 is 0. The minimum atomic E-state index is -0.0146. The van der Waals surface area contributed by atoms with Gasteiger partial charge in [-0.05, 0) is 49.2 Å². The summed E-state index contributed by atoms with van der Waals surface area (Å²) in [6, 6.07) is 18.1. The van der Waals surface area contributed by atoms with Crippen molar-refractivity contribution < 1.29 is 4.79 Å². The predicted molar refractivity (Wildman–Crippen MR) is 93.1 cm³/mol. The molecule has 0 spiro atoms. The third-order valence-corrected chi connectivity index (χ3v) is 4.36. The smallest absolute Gasteiger partial charge is 0.251 e. The molecule has 0 aliphatic rings. The third kappa shape index (κ3) is 5.54. The molecular formula is C18H22N2OS. The molecule has 4 heteroatoms. The number of hydrogen-bond acceptors (Lipinski definition) is 3. The van der Waals surface area contributed by atoms with Crippen molar-refractivity contribution in [2.45, 2.75) is 23.5 Å². The fraction of sp³-hybridized carbons (Fsp3) is 0.278. The van der Waals surface area contributed by atoms with E-state index < -0.39 is 0 Å². The minimum Gasteiger partial charge on any atom is -0.352 e. The summed E-state index contributed by atoms with van der Waals surface area (Å²) in [6.07, 6.45) is 1.87. The Hall–Kier alpha value is -1.78. The maximum absolute atomic E-state index is 12.0. The predicted octanol–water partition coefficient (Wildman–Crippen LogP) is 3.45. The lowest BCUT2D eigenvalue weighted by molar-refractivity contribution is 0.0953. The summed E-state index contributed by atoms with van der Waals surface area (Å²) in [5.74, 6) is 0.891. The van der Waals surface area contributed by atoms with Crippen LogP contribution in [0, 0.1) is 0 Å². The zero-order chi connectivity index (χ0) is 15.6. The van der Waals surface area contributed by atoms with Crippen molar-refractivity contribution in [3.05, 3.63) is 65.7 Å². The monoisotopic (exact) mass is 314 g/mol. The summed E-state index contributed by atoms with van der Waals surface area (Å²) in [6.45, 7) is 1.35. The van der Waals surface area contributed by atoms with Gasteiger partial charge in [-0.15, -0.1) is 11.8 Å². The van der Waals surface area contributed by atoms with Crippen molar-refractivity contribution in [1.29, 1.82) is 0 Å². The average molecular weight is 314 g/mol. The van der Waals surface area contributed by atoms with Gasteiger partial charge in [-0.1, -0.05) is 30.3 Å². The van der Waals surface area contributed by atoms with Gasteiger partial charge in [-0.2, -0.15) is 0 Å². The SMILES string of the molecule is NCCCCNC(=O)c1ccc(CSc2ccccc2)cc1. The number of carbonyl (C=O) groups excluding carboxylic acids is 1. The van der Waals surface area contributed by atoms with Crippen LogP contribution in [0.15, 0.2) is 59.5 Å². The van der Waals surface area contributed by atoms with E-state index in [1.165, 1.54) is 10.5 Å². The Kier molecular flexibility index (Phi) is 7.00. The van der Waals surface area contributed by atoms with Crippen LogP contribution in [0.25, 0.3) is 0 Å². The molecule has 0 fully saturated rings. The Morgan fingerprint density at radius 3 is 2.41 bits per heavy atom. The molecule has 0 heterocycles. The van der Waals surface area contributed by atoms with Crippen LogP contribution in [0.5, 0.6) is 0 Å². The Morgan fingerprint density at radius 1 is 1.00 bits per heavy atom. The molecule has 1 amide bonds. The fourth-order valence-electron chi connectivity index (χ4n) is 2.01. The van der Waals surface area contributed by atoms with E-state index in [9.17, 15) is 4.79 Å². The van der Waals surface area contributed by atoms with Crippen LogP contribution in [0.3, 0.4) is 0 Å². The molecule has 116 valence electrons. The number of carbonyl (C=O) groups is 1. The summed E-state index contributed by atoms with van der Waals surface area (Å²) in [7, 11) is 0. The molecule has 22 heavy (non-hydrogen) atoms. The van der Waals surface area contributed by atoms with Gasteiger partial charge < -0.3 is 11.1 Å². The van der Waals surface area contributed by atoms with E-state index in [4.69, 9.17) is 5.73 Å². The molecule has 3 N–H and O–H groups in total. The number of benzene rings is 2. The molecule has 2 rings (SSSR count). The zero-order valence-corrected chi connectivity index (χ0v) is 13.4. The number of nitrogens with two attached hydrogens (primary N) is 1. The number of amides is 1. The van der Waals surface area contributed by atoms with Crippen LogP contribution in [0.1, 0.15) is 28.8 Å². The van der Waals surface area contributed by atoms with E-state index in [-0.39, 0.29) is 5.91 Å². The molecule has 0 unspecified atom stereocenters. The molecule has 2 aromatic rings. The zero-order valence-electron chi connectivity index (χ0n) is 12.6. The van der Waals surface area contributed by atoms with E-state index in [1.807, 2.05) is 42.5 Å². The van der Waals surface area contributed by atoms with Crippen molar-refractivity contribution >= 4 is 17.7 Å². The van der Waals surface area contributed by atoms with E-state index in [1.54, 1.807) is 11.8 Å². The second-order valence-corrected chi connectivity index (χ2v) is 6.10. The highest BCUT2D eigenvalue weighted by molar-refractivity contribution is 7.98. The van der Waals surface area contributed by atoms with Crippen molar-refractivity contribution in [3.8, 4) is 0 Å². The van der Waals surface area contributed by atoms with E-state index in [2.05, 4.69) is 17.4 Å². The number of thioether (sulfide) groups is 1. The first-order valence-corrected chi connectivity index (χ1v) is 8.53. The van der Waals surface area contributed by atoms with Gasteiger partial charge in [0.15, 0.2) is 0 Å². The molecule has 2 aromatic carbocycles. The van der Waals surface area contributed by atoms with Gasteiger partial charge in [-0.3, -0.25) is 4.79 Å². The van der Waals surface area contributed by atoms with Crippen LogP contribution < -0.4 is 11.1 Å². The number of rotatable bonds is 8. The Balaban J connectivity index is 1.81. The average Bonchev–Trinajstić information content (AvgIpc) is 2.58. The molecule has 0 radical (unpaired) electrons. The van der Waals surface area contributed by atoms with Crippen molar-refractivity contribution in [2.24, 2.45) is 5.73 Å². The largest absolute Gasteiger partial charge is 0.352 e. The fourth-order valence-corrected chi connectivity index (χ4v) is 2.88. The quantitative estimate of drug-likeness (QED) is 0.579. The summed E-state index contributed by atoms with van der Waals surface area (Å²) >= 11 is 1.79. The minimum absolute atomic E-state index is 0.0146. The van der Waals surface area contributed by atoms with Crippen LogP contribution in [0.2, 0.25) is 0 Å². The van der Waals surface area contributed by atoms with Crippen molar-refractivity contribution in [1.82, 2.24) is 5.32 Å². The second kappa shape index (κ2) is 9.28. The highest BCUT2D eigenvalue weighted by atomic mass is 32.2. The van der Waals surface area contributed by atoms with Gasteiger partial charge >= 0.3 is 0 Å². The van der Waals surface area contributed by atoms with Crippen LogP contribution >= 0.6 is 11.8 Å². The summed E-state index contributed by atoms with van der Waals surface area (Å²) in [4.78, 5) is 13.2. The highest BCUT2D eigenvalue weighted by Crippen LogP contribution is 2.22. The lowest BCUT2D eigenvalue weighted by Gasteiger charge is -2.06. The van der Waals surface area contributed by atoms with Crippen molar-refractivity contribution in [3.63, 3.8) is 0 Å². The molecule has 0 aromatic heterocycles. The van der Waals surface area contributed by atoms with Gasteiger partial charge in [-0.25, -0.2) is 0 Å². The molecular weight excluding hydrogens is 292 g/mol. The summed E-state index contributed by atoms with van der Waals surface area (Å²) in [5.41, 5.74) is 7.35. The summed E-state index contributed by atoms with van der Waals surface area (Å²) in [5, 5.41) is 2.91. The van der Waals surface area contributed by atoms with Crippen LogP contribution in [-0.2, 0) is 5.75 Å². The van der Waals surface area contributed by atoms with Gasteiger partial charge in [0.05, 0.1) is 0 Å². The van der Waals surface area contributed by atoms with Gasteiger partial charge in [0.25, 0.3) is 5.91 Å². The maximum Gasteiger partial charge on any atom is 0.251 e. The van der Waals surface area contributed by atoms with Gasteiger partial charge in [0, 0.05) is 22.8 Å². The first kappa shape index (κ1) is 16.6. The van der Waals surface area contributed by atoms with Crippen LogP contribution in [0.4, 0.5) is 0 Å². The Bertz CT molecular complexity index is 569. The van der Waals surface area contributed by atoms with Gasteiger partial charge in [0.1, 0.15) is 0 Å². The van der Waals surface area contributed by atoms with E-state index in [0.717, 1.165) is 18.6 Å². The highest BCUT2D eigenvalue weighted by Gasteiger charge is 2.04. The normalized spacial score (nSPS) is 10.4.